The standard InChI is InChI=1S/C10H23N3O3S.ClH/c1-10(2,3)8(11)9(14)12-6-5-7-13-17(4,15)16;/h8,13H,5-7,11H2,1-4H3,(H,12,14);1H/t8-;/m1./s1. The molecule has 0 unspecified atom stereocenters. The Morgan fingerprint density at radius 2 is 1.78 bits per heavy atom. The van der Waals surface area contributed by atoms with Gasteiger partial charge in [0.25, 0.3) is 0 Å². The van der Waals surface area contributed by atoms with Crippen molar-refractivity contribution in [2.45, 2.75) is 33.2 Å². The number of hydrogen-bond acceptors (Lipinski definition) is 4. The summed E-state index contributed by atoms with van der Waals surface area (Å²) in [6, 6.07) is -0.564. The van der Waals surface area contributed by atoms with Crippen LogP contribution in [0.4, 0.5) is 0 Å². The zero-order chi connectivity index (χ0) is 13.7. The number of amides is 1. The zero-order valence-corrected chi connectivity index (χ0v) is 13.0. The molecular formula is C10H24ClN3O3S. The predicted molar refractivity (Wildman–Crippen MR) is 75.2 cm³/mol. The molecule has 1 atom stereocenters. The van der Waals surface area contributed by atoms with Gasteiger partial charge in [-0.3, -0.25) is 4.79 Å². The maximum absolute atomic E-state index is 11.6. The Bertz CT molecular complexity index is 352. The number of halogens is 1. The van der Waals surface area contributed by atoms with Gasteiger partial charge in [0.05, 0.1) is 12.3 Å². The van der Waals surface area contributed by atoms with Crippen LogP contribution in [0.2, 0.25) is 0 Å². The summed E-state index contributed by atoms with van der Waals surface area (Å²) < 4.78 is 23.8. The summed E-state index contributed by atoms with van der Waals surface area (Å²) in [4.78, 5) is 11.6. The monoisotopic (exact) mass is 301 g/mol. The van der Waals surface area contributed by atoms with Crippen molar-refractivity contribution < 1.29 is 13.2 Å². The Hall–Kier alpha value is -0.370. The molecule has 0 aliphatic heterocycles. The van der Waals surface area contributed by atoms with Crippen LogP contribution in [-0.4, -0.2) is 39.7 Å². The van der Waals surface area contributed by atoms with E-state index in [0.29, 0.717) is 19.5 Å². The maximum Gasteiger partial charge on any atom is 0.237 e. The van der Waals surface area contributed by atoms with Gasteiger partial charge in [-0.15, -0.1) is 12.4 Å². The van der Waals surface area contributed by atoms with E-state index in [1.807, 2.05) is 20.8 Å². The third-order valence-corrected chi connectivity index (χ3v) is 2.96. The minimum absolute atomic E-state index is 0. The molecule has 1 amide bonds. The molecule has 0 aromatic heterocycles. The van der Waals surface area contributed by atoms with E-state index >= 15 is 0 Å². The van der Waals surface area contributed by atoms with Gasteiger partial charge in [0.2, 0.25) is 15.9 Å². The summed E-state index contributed by atoms with van der Waals surface area (Å²) >= 11 is 0. The smallest absolute Gasteiger partial charge is 0.237 e. The molecule has 0 aromatic carbocycles. The van der Waals surface area contributed by atoms with Crippen molar-refractivity contribution in [3.05, 3.63) is 0 Å². The van der Waals surface area contributed by atoms with E-state index in [1.54, 1.807) is 0 Å². The zero-order valence-electron chi connectivity index (χ0n) is 11.3. The van der Waals surface area contributed by atoms with Crippen LogP contribution >= 0.6 is 12.4 Å². The summed E-state index contributed by atoms with van der Waals surface area (Å²) in [6.45, 7) is 6.39. The largest absolute Gasteiger partial charge is 0.355 e. The van der Waals surface area contributed by atoms with Crippen molar-refractivity contribution in [3.63, 3.8) is 0 Å². The van der Waals surface area contributed by atoms with Gasteiger partial charge in [-0.05, 0) is 11.8 Å². The first-order valence-electron chi connectivity index (χ1n) is 5.52. The van der Waals surface area contributed by atoms with Gasteiger partial charge in [0, 0.05) is 13.1 Å². The Kier molecular flexibility index (Phi) is 8.80. The van der Waals surface area contributed by atoms with Crippen molar-refractivity contribution in [1.29, 1.82) is 0 Å². The lowest BCUT2D eigenvalue weighted by Gasteiger charge is -2.25. The molecule has 0 aromatic rings. The second kappa shape index (κ2) is 7.93. The highest BCUT2D eigenvalue weighted by atomic mass is 35.5. The van der Waals surface area contributed by atoms with Crippen LogP contribution in [0, 0.1) is 5.41 Å². The minimum Gasteiger partial charge on any atom is -0.355 e. The molecule has 0 saturated heterocycles. The normalized spacial score (nSPS) is 13.6. The van der Waals surface area contributed by atoms with Crippen molar-refractivity contribution >= 4 is 28.3 Å². The Morgan fingerprint density at radius 1 is 1.28 bits per heavy atom. The maximum atomic E-state index is 11.6. The molecule has 18 heavy (non-hydrogen) atoms. The summed E-state index contributed by atoms with van der Waals surface area (Å²) in [5, 5.41) is 2.68. The third kappa shape index (κ3) is 9.64. The lowest BCUT2D eigenvalue weighted by atomic mass is 9.87. The van der Waals surface area contributed by atoms with Gasteiger partial charge < -0.3 is 11.1 Å². The molecule has 0 bridgehead atoms. The first-order chi connectivity index (χ1) is 7.54. The van der Waals surface area contributed by atoms with E-state index < -0.39 is 16.1 Å². The highest BCUT2D eigenvalue weighted by Gasteiger charge is 2.26. The number of carbonyl (C=O) groups excluding carboxylic acids is 1. The first kappa shape index (κ1) is 20.0. The van der Waals surface area contributed by atoms with E-state index in [1.165, 1.54) is 0 Å². The fourth-order valence-corrected chi connectivity index (χ4v) is 1.58. The van der Waals surface area contributed by atoms with Gasteiger partial charge in [-0.25, -0.2) is 13.1 Å². The van der Waals surface area contributed by atoms with Crippen molar-refractivity contribution in [1.82, 2.24) is 10.0 Å². The predicted octanol–water partition coefficient (Wildman–Crippen LogP) is -0.163. The molecule has 0 spiro atoms. The van der Waals surface area contributed by atoms with E-state index in [2.05, 4.69) is 10.0 Å². The first-order valence-corrected chi connectivity index (χ1v) is 7.41. The molecular weight excluding hydrogens is 278 g/mol. The number of sulfonamides is 1. The van der Waals surface area contributed by atoms with Gasteiger partial charge in [-0.2, -0.15) is 0 Å². The summed E-state index contributed by atoms with van der Waals surface area (Å²) in [5.74, 6) is -0.211. The molecule has 0 heterocycles. The molecule has 4 N–H and O–H groups in total. The molecule has 6 nitrogen and oxygen atoms in total. The fraction of sp³-hybridized carbons (Fsp3) is 0.900. The minimum atomic E-state index is -3.15. The summed E-state index contributed by atoms with van der Waals surface area (Å²) in [6.07, 6.45) is 1.64. The third-order valence-electron chi connectivity index (χ3n) is 2.23. The second-order valence-electron chi connectivity index (χ2n) is 5.15. The molecule has 0 rings (SSSR count). The number of rotatable bonds is 6. The SMILES string of the molecule is CC(C)(C)[C@H](N)C(=O)NCCCNS(C)(=O)=O.Cl. The highest BCUT2D eigenvalue weighted by molar-refractivity contribution is 7.88. The quantitative estimate of drug-likeness (QED) is 0.593. The van der Waals surface area contributed by atoms with Gasteiger partial charge in [-0.1, -0.05) is 20.8 Å². The molecule has 0 fully saturated rings. The molecule has 110 valence electrons. The van der Waals surface area contributed by atoms with Crippen LogP contribution in [0.5, 0.6) is 0 Å². The fourth-order valence-electron chi connectivity index (χ4n) is 1.06. The van der Waals surface area contributed by atoms with Crippen LogP contribution < -0.4 is 15.8 Å². The van der Waals surface area contributed by atoms with E-state index in [9.17, 15) is 13.2 Å². The van der Waals surface area contributed by atoms with Crippen molar-refractivity contribution in [2.75, 3.05) is 19.3 Å². The van der Waals surface area contributed by atoms with Crippen LogP contribution in [0.15, 0.2) is 0 Å². The Labute approximate surface area is 116 Å². The van der Waals surface area contributed by atoms with Crippen molar-refractivity contribution in [2.24, 2.45) is 11.1 Å². The summed E-state index contributed by atoms with van der Waals surface area (Å²) in [5.41, 5.74) is 5.47. The number of hydrogen-bond donors (Lipinski definition) is 3. The molecule has 0 radical (unpaired) electrons. The molecule has 0 aliphatic rings. The lowest BCUT2D eigenvalue weighted by molar-refractivity contribution is -0.124. The van der Waals surface area contributed by atoms with Crippen LogP contribution in [-0.2, 0) is 14.8 Å². The van der Waals surface area contributed by atoms with E-state index in [-0.39, 0.29) is 23.7 Å². The molecule has 0 aliphatic carbocycles. The highest BCUT2D eigenvalue weighted by Crippen LogP contribution is 2.16. The van der Waals surface area contributed by atoms with Gasteiger partial charge >= 0.3 is 0 Å². The second-order valence-corrected chi connectivity index (χ2v) is 6.99. The lowest BCUT2D eigenvalue weighted by Crippen LogP contribution is -2.49. The van der Waals surface area contributed by atoms with Gasteiger partial charge in [0.1, 0.15) is 0 Å². The average molecular weight is 302 g/mol. The van der Waals surface area contributed by atoms with E-state index in [4.69, 9.17) is 5.73 Å². The molecule has 8 heteroatoms. The van der Waals surface area contributed by atoms with Crippen LogP contribution in [0.1, 0.15) is 27.2 Å². The van der Waals surface area contributed by atoms with Gasteiger partial charge in [0.15, 0.2) is 0 Å². The number of nitrogens with one attached hydrogen (secondary N) is 2. The topological polar surface area (TPSA) is 101 Å². The Balaban J connectivity index is 0. The average Bonchev–Trinajstić information content (AvgIpc) is 2.12. The number of carbonyl (C=O) groups is 1. The Morgan fingerprint density at radius 3 is 2.17 bits per heavy atom. The summed E-state index contributed by atoms with van der Waals surface area (Å²) in [7, 11) is -3.15. The van der Waals surface area contributed by atoms with Crippen LogP contribution in [0.25, 0.3) is 0 Å². The number of nitrogens with two attached hydrogens (primary N) is 1. The van der Waals surface area contributed by atoms with Crippen LogP contribution in [0.3, 0.4) is 0 Å². The van der Waals surface area contributed by atoms with Crippen molar-refractivity contribution in [3.8, 4) is 0 Å². The van der Waals surface area contributed by atoms with E-state index in [0.717, 1.165) is 6.26 Å². The molecule has 0 saturated carbocycles.